The van der Waals surface area contributed by atoms with Crippen LogP contribution in [0.2, 0.25) is 0 Å². The molecule has 6 heteroatoms. The molecule has 2 atom stereocenters. The van der Waals surface area contributed by atoms with Crippen molar-refractivity contribution in [1.29, 1.82) is 0 Å². The number of amides is 1. The van der Waals surface area contributed by atoms with E-state index in [0.717, 1.165) is 28.9 Å². The van der Waals surface area contributed by atoms with Crippen molar-refractivity contribution in [3.63, 3.8) is 0 Å². The molecule has 6 nitrogen and oxygen atoms in total. The molecule has 128 valence electrons. The van der Waals surface area contributed by atoms with Gasteiger partial charge in [0.2, 0.25) is 5.91 Å². The van der Waals surface area contributed by atoms with E-state index in [1.807, 2.05) is 39.0 Å². The van der Waals surface area contributed by atoms with Gasteiger partial charge in [0.05, 0.1) is 30.4 Å². The molecule has 1 aromatic carbocycles. The Balaban J connectivity index is 1.84. The van der Waals surface area contributed by atoms with Crippen molar-refractivity contribution in [2.45, 2.75) is 33.3 Å². The zero-order valence-electron chi connectivity index (χ0n) is 14.4. The van der Waals surface area contributed by atoms with Gasteiger partial charge < -0.3 is 19.3 Å². The Bertz CT molecular complexity index is 734. The molecule has 1 fully saturated rings. The summed E-state index contributed by atoms with van der Waals surface area (Å²) < 4.78 is 16.2. The van der Waals surface area contributed by atoms with Gasteiger partial charge in [0.15, 0.2) is 0 Å². The predicted octanol–water partition coefficient (Wildman–Crippen LogP) is 3.33. The Hall–Kier alpha value is -2.34. The lowest BCUT2D eigenvalue weighted by Crippen LogP contribution is -2.16. The zero-order valence-corrected chi connectivity index (χ0v) is 14.4. The summed E-state index contributed by atoms with van der Waals surface area (Å²) in [7, 11) is 1.62. The summed E-state index contributed by atoms with van der Waals surface area (Å²) in [4.78, 5) is 12.3. The van der Waals surface area contributed by atoms with Crippen LogP contribution in [-0.4, -0.2) is 30.9 Å². The van der Waals surface area contributed by atoms with Gasteiger partial charge in [-0.2, -0.15) is 0 Å². The maximum absolute atomic E-state index is 12.3. The minimum Gasteiger partial charge on any atom is -0.496 e. The van der Waals surface area contributed by atoms with Gasteiger partial charge >= 0.3 is 0 Å². The summed E-state index contributed by atoms with van der Waals surface area (Å²) >= 11 is 0. The summed E-state index contributed by atoms with van der Waals surface area (Å²) in [6.45, 7) is 6.31. The third-order valence-corrected chi connectivity index (χ3v) is 4.22. The number of aromatic nitrogens is 1. The highest BCUT2D eigenvalue weighted by Crippen LogP contribution is 2.38. The lowest BCUT2D eigenvalue weighted by atomic mass is 10.0. The first kappa shape index (κ1) is 16.5. The van der Waals surface area contributed by atoms with Crippen molar-refractivity contribution < 1.29 is 18.8 Å². The minimum atomic E-state index is -0.0606. The van der Waals surface area contributed by atoms with Gasteiger partial charge in [-0.1, -0.05) is 5.16 Å². The monoisotopic (exact) mass is 330 g/mol. The number of benzene rings is 1. The molecular weight excluding hydrogens is 308 g/mol. The van der Waals surface area contributed by atoms with Gasteiger partial charge in [0.1, 0.15) is 11.5 Å². The molecule has 0 saturated heterocycles. The van der Waals surface area contributed by atoms with Crippen molar-refractivity contribution in [3.8, 4) is 16.9 Å². The van der Waals surface area contributed by atoms with Gasteiger partial charge in [-0.3, -0.25) is 4.79 Å². The van der Waals surface area contributed by atoms with Crippen LogP contribution in [0.3, 0.4) is 0 Å². The van der Waals surface area contributed by atoms with Crippen LogP contribution in [0.5, 0.6) is 5.75 Å². The molecule has 1 heterocycles. The molecule has 1 N–H and O–H groups in total. The molecule has 0 radical (unpaired) electrons. The number of hydrogen-bond acceptors (Lipinski definition) is 5. The minimum absolute atomic E-state index is 0.0108. The van der Waals surface area contributed by atoms with Crippen LogP contribution in [0.1, 0.15) is 24.8 Å². The number of hydrogen-bond donors (Lipinski definition) is 1. The molecule has 1 saturated carbocycles. The second-order valence-electron chi connectivity index (χ2n) is 5.94. The Kier molecular flexibility index (Phi) is 4.57. The summed E-state index contributed by atoms with van der Waals surface area (Å²) in [6, 6.07) is 5.56. The third-order valence-electron chi connectivity index (χ3n) is 4.22. The maximum Gasteiger partial charge on any atom is 0.230 e. The normalized spacial score (nSPS) is 19.2. The largest absolute Gasteiger partial charge is 0.496 e. The standard InChI is InChI=1S/C18H22N2O4/c1-5-23-16-9-14(16)18(21)19-12-6-7-15(22-4)13(8-12)17-10(2)20-24-11(17)3/h6-8,14,16H,5,9H2,1-4H3,(H,19,21). The highest BCUT2D eigenvalue weighted by Gasteiger charge is 2.43. The average molecular weight is 330 g/mol. The van der Waals surface area contributed by atoms with Crippen molar-refractivity contribution >= 4 is 11.6 Å². The molecule has 24 heavy (non-hydrogen) atoms. The number of methoxy groups -OCH3 is 1. The highest BCUT2D eigenvalue weighted by molar-refractivity contribution is 5.95. The second-order valence-corrected chi connectivity index (χ2v) is 5.94. The Labute approximate surface area is 141 Å². The van der Waals surface area contributed by atoms with E-state index >= 15 is 0 Å². The fourth-order valence-corrected chi connectivity index (χ4v) is 2.93. The fourth-order valence-electron chi connectivity index (χ4n) is 2.93. The summed E-state index contributed by atoms with van der Waals surface area (Å²) in [5.74, 6) is 1.35. The number of carbonyl (C=O) groups is 1. The van der Waals surface area contributed by atoms with Crippen LogP contribution < -0.4 is 10.1 Å². The van der Waals surface area contributed by atoms with Crippen LogP contribution in [0, 0.1) is 19.8 Å². The van der Waals surface area contributed by atoms with Crippen LogP contribution in [0.25, 0.3) is 11.1 Å². The molecule has 1 aromatic heterocycles. The van der Waals surface area contributed by atoms with Gasteiger partial charge in [-0.25, -0.2) is 0 Å². The Morgan fingerprint density at radius 3 is 2.83 bits per heavy atom. The van der Waals surface area contributed by atoms with Gasteiger partial charge in [0.25, 0.3) is 0 Å². The number of rotatable bonds is 6. The molecular formula is C18H22N2O4. The topological polar surface area (TPSA) is 73.6 Å². The van der Waals surface area contributed by atoms with Crippen LogP contribution in [0.15, 0.2) is 22.7 Å². The average Bonchev–Trinajstić information content (AvgIpc) is 3.25. The number of aryl methyl sites for hydroxylation is 2. The van der Waals surface area contributed by atoms with Crippen LogP contribution >= 0.6 is 0 Å². The molecule has 0 spiro atoms. The number of anilines is 1. The predicted molar refractivity (Wildman–Crippen MR) is 90.1 cm³/mol. The summed E-state index contributed by atoms with van der Waals surface area (Å²) in [5.41, 5.74) is 3.25. The first-order chi connectivity index (χ1) is 11.5. The number of nitrogens with one attached hydrogen (secondary N) is 1. The molecule has 1 aliphatic rings. The van der Waals surface area contributed by atoms with E-state index in [4.69, 9.17) is 14.0 Å². The molecule has 0 bridgehead atoms. The quantitative estimate of drug-likeness (QED) is 0.879. The lowest BCUT2D eigenvalue weighted by Gasteiger charge is -2.12. The van der Waals surface area contributed by atoms with Crippen molar-refractivity contribution in [3.05, 3.63) is 29.7 Å². The summed E-state index contributed by atoms with van der Waals surface area (Å²) in [6.07, 6.45) is 0.835. The van der Waals surface area contributed by atoms with E-state index in [1.165, 1.54) is 0 Å². The zero-order chi connectivity index (χ0) is 17.3. The molecule has 0 aliphatic heterocycles. The van der Waals surface area contributed by atoms with Gasteiger partial charge in [-0.15, -0.1) is 0 Å². The van der Waals surface area contributed by atoms with Crippen molar-refractivity contribution in [2.75, 3.05) is 19.0 Å². The van der Waals surface area contributed by atoms with E-state index in [-0.39, 0.29) is 17.9 Å². The van der Waals surface area contributed by atoms with E-state index in [2.05, 4.69) is 10.5 Å². The van der Waals surface area contributed by atoms with E-state index in [1.54, 1.807) is 7.11 Å². The number of carbonyl (C=O) groups excluding carboxylic acids is 1. The molecule has 2 unspecified atom stereocenters. The van der Waals surface area contributed by atoms with Crippen LogP contribution in [0.4, 0.5) is 5.69 Å². The Morgan fingerprint density at radius 1 is 1.42 bits per heavy atom. The Morgan fingerprint density at radius 2 is 2.21 bits per heavy atom. The SMILES string of the molecule is CCOC1CC1C(=O)Nc1ccc(OC)c(-c2c(C)noc2C)c1. The van der Waals surface area contributed by atoms with E-state index in [9.17, 15) is 4.79 Å². The second kappa shape index (κ2) is 6.65. The lowest BCUT2D eigenvalue weighted by molar-refractivity contribution is -0.118. The fraction of sp³-hybridized carbons (Fsp3) is 0.444. The van der Waals surface area contributed by atoms with Crippen molar-refractivity contribution in [2.24, 2.45) is 5.92 Å². The first-order valence-electron chi connectivity index (χ1n) is 8.08. The van der Waals surface area contributed by atoms with Gasteiger partial charge in [-0.05, 0) is 45.4 Å². The maximum atomic E-state index is 12.3. The van der Waals surface area contributed by atoms with E-state index < -0.39 is 0 Å². The number of nitrogens with zero attached hydrogens (tertiary/aromatic N) is 1. The smallest absolute Gasteiger partial charge is 0.230 e. The molecule has 1 aliphatic carbocycles. The van der Waals surface area contributed by atoms with Crippen molar-refractivity contribution in [1.82, 2.24) is 5.16 Å². The molecule has 1 amide bonds. The summed E-state index contributed by atoms with van der Waals surface area (Å²) in [5, 5.41) is 6.95. The van der Waals surface area contributed by atoms with Gasteiger partial charge in [0, 0.05) is 17.9 Å². The molecule has 3 rings (SSSR count). The number of ether oxygens (including phenoxy) is 2. The molecule has 2 aromatic rings. The first-order valence-corrected chi connectivity index (χ1v) is 8.08. The highest BCUT2D eigenvalue weighted by atomic mass is 16.5. The van der Waals surface area contributed by atoms with E-state index in [0.29, 0.717) is 18.1 Å². The van der Waals surface area contributed by atoms with Crippen LogP contribution in [-0.2, 0) is 9.53 Å². The third kappa shape index (κ3) is 3.14.